The van der Waals surface area contributed by atoms with E-state index in [1.54, 1.807) is 6.26 Å². The van der Waals surface area contributed by atoms with Gasteiger partial charge in [-0.1, -0.05) is 37.5 Å². The summed E-state index contributed by atoms with van der Waals surface area (Å²) in [5.74, 6) is 1.21. The van der Waals surface area contributed by atoms with Gasteiger partial charge in [0.25, 0.3) is 0 Å². The van der Waals surface area contributed by atoms with Crippen molar-refractivity contribution in [1.29, 1.82) is 0 Å². The van der Waals surface area contributed by atoms with E-state index in [4.69, 9.17) is 4.42 Å². The Morgan fingerprint density at radius 3 is 2.66 bits per heavy atom. The normalized spacial score (nSPS) is 19.9. The summed E-state index contributed by atoms with van der Waals surface area (Å²) < 4.78 is 5.60. The molecule has 2 fully saturated rings. The van der Waals surface area contributed by atoms with Gasteiger partial charge in [0.2, 0.25) is 0 Å². The van der Waals surface area contributed by atoms with Crippen LogP contribution in [-0.4, -0.2) is 35.3 Å². The molecule has 168 valence electrons. The first-order valence-corrected chi connectivity index (χ1v) is 12.4. The third-order valence-corrected chi connectivity index (χ3v) is 7.67. The summed E-state index contributed by atoms with van der Waals surface area (Å²) in [7, 11) is 0. The fraction of sp³-hybridized carbons (Fsp3) is 0.500. The molecule has 0 bridgehead atoms. The smallest absolute Gasteiger partial charge is 0.145 e. The van der Waals surface area contributed by atoms with Crippen LogP contribution in [0.2, 0.25) is 0 Å². The number of ketones is 1. The van der Waals surface area contributed by atoms with Crippen molar-refractivity contribution in [3.8, 4) is 0 Å². The van der Waals surface area contributed by atoms with Crippen molar-refractivity contribution in [2.24, 2.45) is 5.92 Å². The third kappa shape index (κ3) is 4.80. The van der Waals surface area contributed by atoms with E-state index in [1.807, 2.05) is 30.5 Å². The Labute approximate surface area is 191 Å². The maximum absolute atomic E-state index is 13.4. The summed E-state index contributed by atoms with van der Waals surface area (Å²) in [6, 6.07) is 14.7. The minimum atomic E-state index is -0.0571. The Hall–Kier alpha value is -2.46. The SMILES string of the molecule is O=C(C1CCCCC1)C(CCN1CCC(c2ccc3ccoc3c2)CC1)c1ccccn1. The van der Waals surface area contributed by atoms with Crippen LogP contribution in [0, 0.1) is 5.92 Å². The molecule has 3 heterocycles. The predicted octanol–water partition coefficient (Wildman–Crippen LogP) is 6.33. The first-order valence-electron chi connectivity index (χ1n) is 12.4. The van der Waals surface area contributed by atoms with Crippen molar-refractivity contribution in [1.82, 2.24) is 9.88 Å². The van der Waals surface area contributed by atoms with Crippen molar-refractivity contribution >= 4 is 16.8 Å². The molecule has 0 N–H and O–H groups in total. The van der Waals surface area contributed by atoms with E-state index in [-0.39, 0.29) is 11.8 Å². The van der Waals surface area contributed by atoms with Crippen LogP contribution in [0.3, 0.4) is 0 Å². The molecule has 1 atom stereocenters. The van der Waals surface area contributed by atoms with Gasteiger partial charge >= 0.3 is 0 Å². The van der Waals surface area contributed by atoms with Gasteiger partial charge in [-0.15, -0.1) is 0 Å². The summed E-state index contributed by atoms with van der Waals surface area (Å²) in [6.07, 6.45) is 12.6. The number of pyridine rings is 1. The Morgan fingerprint density at radius 2 is 1.88 bits per heavy atom. The highest BCUT2D eigenvalue weighted by atomic mass is 16.3. The molecule has 2 aliphatic rings. The minimum Gasteiger partial charge on any atom is -0.464 e. The molecule has 4 heteroatoms. The van der Waals surface area contributed by atoms with Crippen LogP contribution >= 0.6 is 0 Å². The molecule has 0 radical (unpaired) electrons. The maximum Gasteiger partial charge on any atom is 0.145 e. The van der Waals surface area contributed by atoms with Crippen LogP contribution in [0.1, 0.15) is 74.5 Å². The van der Waals surface area contributed by atoms with Gasteiger partial charge in [0.15, 0.2) is 0 Å². The molecule has 1 aliphatic carbocycles. The maximum atomic E-state index is 13.4. The molecule has 0 amide bonds. The Balaban J connectivity index is 1.19. The van der Waals surface area contributed by atoms with Gasteiger partial charge in [0, 0.05) is 17.5 Å². The van der Waals surface area contributed by atoms with Gasteiger partial charge in [-0.25, -0.2) is 0 Å². The van der Waals surface area contributed by atoms with Gasteiger partial charge < -0.3 is 9.32 Å². The monoisotopic (exact) mass is 430 g/mol. The zero-order valence-electron chi connectivity index (χ0n) is 18.9. The molecule has 32 heavy (non-hydrogen) atoms. The largest absolute Gasteiger partial charge is 0.464 e. The average molecular weight is 431 g/mol. The van der Waals surface area contributed by atoms with Crippen LogP contribution in [0.25, 0.3) is 11.0 Å². The first-order chi connectivity index (χ1) is 15.8. The van der Waals surface area contributed by atoms with Crippen LogP contribution < -0.4 is 0 Å². The molecule has 4 nitrogen and oxygen atoms in total. The standard InChI is InChI=1S/C28H34N2O2/c31-28(23-6-2-1-3-7-23)25(26-8-4-5-15-29-26)13-18-30-16-11-21(12-17-30)24-10-9-22-14-19-32-27(22)20-24/h4-5,8-10,14-15,19-21,23,25H,1-3,6-7,11-13,16-18H2. The Bertz CT molecular complexity index is 1010. The second kappa shape index (κ2) is 9.99. The van der Waals surface area contributed by atoms with E-state index in [9.17, 15) is 4.79 Å². The van der Waals surface area contributed by atoms with Crippen molar-refractivity contribution < 1.29 is 9.21 Å². The van der Waals surface area contributed by atoms with Crippen LogP contribution in [-0.2, 0) is 4.79 Å². The number of furan rings is 1. The number of aromatic nitrogens is 1. The fourth-order valence-corrected chi connectivity index (χ4v) is 5.72. The first kappa shape index (κ1) is 21.4. The van der Waals surface area contributed by atoms with E-state index in [2.05, 4.69) is 28.1 Å². The van der Waals surface area contributed by atoms with Crippen LogP contribution in [0.15, 0.2) is 59.3 Å². The number of rotatable bonds is 7. The molecule has 0 spiro atoms. The number of fused-ring (bicyclic) bond motifs is 1. The lowest BCUT2D eigenvalue weighted by atomic mass is 9.79. The Morgan fingerprint density at radius 1 is 1.03 bits per heavy atom. The zero-order valence-corrected chi connectivity index (χ0v) is 18.9. The number of likely N-dealkylation sites (tertiary alicyclic amines) is 1. The lowest BCUT2D eigenvalue weighted by molar-refractivity contribution is -0.125. The number of carbonyl (C=O) groups is 1. The van der Waals surface area contributed by atoms with E-state index in [0.717, 1.165) is 63.0 Å². The second-order valence-corrected chi connectivity index (χ2v) is 9.67. The van der Waals surface area contributed by atoms with Crippen LogP contribution in [0.4, 0.5) is 0 Å². The number of benzene rings is 1. The topological polar surface area (TPSA) is 46.3 Å². The predicted molar refractivity (Wildman–Crippen MR) is 128 cm³/mol. The van der Waals surface area contributed by atoms with Gasteiger partial charge in [-0.05, 0) is 87.5 Å². The third-order valence-electron chi connectivity index (χ3n) is 7.67. The number of piperidine rings is 1. The molecular formula is C28H34N2O2. The van der Waals surface area contributed by atoms with E-state index in [1.165, 1.54) is 30.2 Å². The molecule has 1 saturated carbocycles. The zero-order chi connectivity index (χ0) is 21.8. The molecule has 1 saturated heterocycles. The van der Waals surface area contributed by atoms with Gasteiger partial charge in [0.05, 0.1) is 17.9 Å². The van der Waals surface area contributed by atoms with Gasteiger partial charge in [0.1, 0.15) is 11.4 Å². The summed E-state index contributed by atoms with van der Waals surface area (Å²) in [5.41, 5.74) is 3.35. The fourth-order valence-electron chi connectivity index (χ4n) is 5.72. The molecule has 1 aliphatic heterocycles. The number of carbonyl (C=O) groups excluding carboxylic acids is 1. The van der Waals surface area contributed by atoms with Crippen molar-refractivity contribution in [3.05, 3.63) is 66.2 Å². The molecule has 3 aromatic rings. The quantitative estimate of drug-likeness (QED) is 0.439. The second-order valence-electron chi connectivity index (χ2n) is 9.67. The van der Waals surface area contributed by atoms with Crippen molar-refractivity contribution in [2.45, 2.75) is 63.2 Å². The molecular weight excluding hydrogens is 396 g/mol. The molecule has 2 aromatic heterocycles. The highest BCUT2D eigenvalue weighted by Crippen LogP contribution is 2.33. The Kier molecular flexibility index (Phi) is 6.68. The molecule has 5 rings (SSSR count). The summed E-state index contributed by atoms with van der Waals surface area (Å²) in [6.45, 7) is 3.16. The molecule has 1 unspecified atom stereocenters. The van der Waals surface area contributed by atoms with E-state index < -0.39 is 0 Å². The lowest BCUT2D eigenvalue weighted by Gasteiger charge is -2.33. The number of nitrogens with zero attached hydrogens (tertiary/aromatic N) is 2. The van der Waals surface area contributed by atoms with Gasteiger partial charge in [-0.2, -0.15) is 0 Å². The van der Waals surface area contributed by atoms with E-state index in [0.29, 0.717) is 11.7 Å². The van der Waals surface area contributed by atoms with Crippen LogP contribution in [0.5, 0.6) is 0 Å². The summed E-state index contributed by atoms with van der Waals surface area (Å²) in [5, 5.41) is 1.18. The number of hydrogen-bond donors (Lipinski definition) is 0. The highest BCUT2D eigenvalue weighted by molar-refractivity contribution is 5.87. The number of Topliss-reactive ketones (excluding diaryl/α,β-unsaturated/α-hetero) is 1. The average Bonchev–Trinajstić information content (AvgIpc) is 3.34. The van der Waals surface area contributed by atoms with E-state index >= 15 is 0 Å². The number of hydrogen-bond acceptors (Lipinski definition) is 4. The highest BCUT2D eigenvalue weighted by Gasteiger charge is 2.31. The minimum absolute atomic E-state index is 0.0571. The van der Waals surface area contributed by atoms with Crippen molar-refractivity contribution in [3.63, 3.8) is 0 Å². The summed E-state index contributed by atoms with van der Waals surface area (Å²) >= 11 is 0. The lowest BCUT2D eigenvalue weighted by Crippen LogP contribution is -2.35. The van der Waals surface area contributed by atoms with Crippen molar-refractivity contribution in [2.75, 3.05) is 19.6 Å². The summed E-state index contributed by atoms with van der Waals surface area (Å²) in [4.78, 5) is 20.6. The van der Waals surface area contributed by atoms with Gasteiger partial charge in [-0.3, -0.25) is 9.78 Å². The molecule has 1 aromatic carbocycles.